The van der Waals surface area contributed by atoms with Crippen molar-refractivity contribution >= 4 is 35.8 Å². The quantitative estimate of drug-likeness (QED) is 0.756. The molecule has 1 aliphatic heterocycles. The van der Waals surface area contributed by atoms with Crippen molar-refractivity contribution in [3.05, 3.63) is 42.2 Å². The second-order valence-corrected chi connectivity index (χ2v) is 9.27. The van der Waals surface area contributed by atoms with Crippen molar-refractivity contribution in [2.75, 3.05) is 18.4 Å². The normalized spacial score (nSPS) is 17.4. The first-order valence-electron chi connectivity index (χ1n) is 8.77. The Morgan fingerprint density at radius 2 is 2.00 bits per heavy atom. The summed E-state index contributed by atoms with van der Waals surface area (Å²) in [5, 5.41) is 10.8. The van der Waals surface area contributed by atoms with Crippen LogP contribution in [0.2, 0.25) is 0 Å². The number of hydrogen-bond donors (Lipinski definition) is 2. The summed E-state index contributed by atoms with van der Waals surface area (Å²) in [4.78, 5) is 13.6. The lowest BCUT2D eigenvalue weighted by Gasteiger charge is -2.22. The molecule has 26 heavy (non-hydrogen) atoms. The highest BCUT2D eigenvalue weighted by Crippen LogP contribution is 2.32. The van der Waals surface area contributed by atoms with E-state index >= 15 is 0 Å². The molecule has 142 valence electrons. The van der Waals surface area contributed by atoms with Gasteiger partial charge in [0.25, 0.3) is 5.91 Å². The molecule has 0 radical (unpaired) electrons. The first kappa shape index (κ1) is 20.8. The number of thioether (sulfide) groups is 1. The molecule has 2 aromatic rings. The topological polar surface area (TPSA) is 59.0 Å². The van der Waals surface area contributed by atoms with Gasteiger partial charge in [-0.25, -0.2) is 0 Å². The number of carbonyl (C=O) groups is 1. The van der Waals surface area contributed by atoms with Crippen molar-refractivity contribution in [2.45, 2.75) is 49.3 Å². The summed E-state index contributed by atoms with van der Waals surface area (Å²) < 4.78 is 2.08. The first-order chi connectivity index (χ1) is 11.9. The van der Waals surface area contributed by atoms with Gasteiger partial charge in [0.2, 0.25) is 0 Å². The number of aromatic nitrogens is 2. The zero-order valence-corrected chi connectivity index (χ0v) is 17.1. The van der Waals surface area contributed by atoms with Gasteiger partial charge in [0.15, 0.2) is 5.69 Å². The molecule has 1 atom stereocenters. The van der Waals surface area contributed by atoms with Gasteiger partial charge in [-0.2, -0.15) is 5.10 Å². The van der Waals surface area contributed by atoms with Gasteiger partial charge in [0.05, 0.1) is 6.04 Å². The maximum Gasteiger partial charge on any atom is 0.276 e. The second kappa shape index (κ2) is 8.93. The lowest BCUT2D eigenvalue weighted by molar-refractivity contribution is 0.102. The fourth-order valence-corrected chi connectivity index (χ4v) is 3.86. The van der Waals surface area contributed by atoms with Crippen LogP contribution in [0.4, 0.5) is 5.69 Å². The largest absolute Gasteiger partial charge is 0.321 e. The molecule has 1 aliphatic rings. The Kier molecular flexibility index (Phi) is 7.15. The molecule has 1 aromatic heterocycles. The zero-order valence-electron chi connectivity index (χ0n) is 15.5. The molecule has 1 aromatic carbocycles. The van der Waals surface area contributed by atoms with Crippen molar-refractivity contribution in [1.82, 2.24) is 15.1 Å². The molecule has 2 heterocycles. The van der Waals surface area contributed by atoms with E-state index in [9.17, 15) is 4.79 Å². The van der Waals surface area contributed by atoms with Crippen LogP contribution in [-0.2, 0) is 0 Å². The van der Waals surface area contributed by atoms with E-state index in [0.29, 0.717) is 11.7 Å². The number of carbonyl (C=O) groups excluding carboxylic acids is 1. The number of rotatable bonds is 4. The SMILES string of the molecule is CC(C)(C)Sc1ccc(NC(=O)c2ccn(C3CCCNC3)n2)cc1.Cl. The predicted molar refractivity (Wildman–Crippen MR) is 111 cm³/mol. The van der Waals surface area contributed by atoms with Crippen LogP contribution in [0, 0.1) is 0 Å². The Bertz CT molecular complexity index is 718. The Labute approximate surface area is 165 Å². The van der Waals surface area contributed by atoms with E-state index < -0.39 is 0 Å². The zero-order chi connectivity index (χ0) is 17.9. The third-order valence-electron chi connectivity index (χ3n) is 4.02. The van der Waals surface area contributed by atoms with Crippen LogP contribution >= 0.6 is 24.2 Å². The summed E-state index contributed by atoms with van der Waals surface area (Å²) in [7, 11) is 0. The van der Waals surface area contributed by atoms with Crippen LogP contribution in [0.3, 0.4) is 0 Å². The number of anilines is 1. The molecule has 7 heteroatoms. The Morgan fingerprint density at radius 3 is 2.62 bits per heavy atom. The van der Waals surface area contributed by atoms with E-state index in [0.717, 1.165) is 31.6 Å². The molecule has 0 saturated carbocycles. The van der Waals surface area contributed by atoms with E-state index in [1.54, 1.807) is 6.07 Å². The van der Waals surface area contributed by atoms with E-state index in [2.05, 4.69) is 36.5 Å². The van der Waals surface area contributed by atoms with Crippen LogP contribution < -0.4 is 10.6 Å². The Hall–Kier alpha value is -1.50. The van der Waals surface area contributed by atoms with Crippen molar-refractivity contribution in [3.8, 4) is 0 Å². The highest BCUT2D eigenvalue weighted by Gasteiger charge is 2.18. The molecule has 3 rings (SSSR count). The number of piperidine rings is 1. The van der Waals surface area contributed by atoms with Gasteiger partial charge in [-0.05, 0) is 49.7 Å². The highest BCUT2D eigenvalue weighted by atomic mass is 35.5. The number of amides is 1. The molecular formula is C19H27ClN4OS. The minimum Gasteiger partial charge on any atom is -0.321 e. The average Bonchev–Trinajstić information content (AvgIpc) is 3.06. The predicted octanol–water partition coefficient (Wildman–Crippen LogP) is 4.37. The van der Waals surface area contributed by atoms with E-state index in [1.807, 2.05) is 46.9 Å². The van der Waals surface area contributed by atoms with Crippen LogP contribution in [-0.4, -0.2) is 33.5 Å². The fourth-order valence-electron chi connectivity index (χ4n) is 2.88. The molecular weight excluding hydrogens is 368 g/mol. The molecule has 1 fully saturated rings. The maximum absolute atomic E-state index is 12.4. The molecule has 5 nitrogen and oxygen atoms in total. The Morgan fingerprint density at radius 1 is 1.27 bits per heavy atom. The summed E-state index contributed by atoms with van der Waals surface area (Å²) in [6.45, 7) is 8.53. The monoisotopic (exact) mass is 394 g/mol. The van der Waals surface area contributed by atoms with E-state index in [4.69, 9.17) is 0 Å². The second-order valence-electron chi connectivity index (χ2n) is 7.37. The van der Waals surface area contributed by atoms with Gasteiger partial charge < -0.3 is 10.6 Å². The van der Waals surface area contributed by atoms with E-state index in [-0.39, 0.29) is 23.1 Å². The van der Waals surface area contributed by atoms with Crippen LogP contribution in [0.15, 0.2) is 41.4 Å². The van der Waals surface area contributed by atoms with Gasteiger partial charge in [0, 0.05) is 28.1 Å². The lowest BCUT2D eigenvalue weighted by atomic mass is 10.1. The molecule has 0 spiro atoms. The van der Waals surface area contributed by atoms with Gasteiger partial charge >= 0.3 is 0 Å². The van der Waals surface area contributed by atoms with Crippen molar-refractivity contribution in [3.63, 3.8) is 0 Å². The molecule has 1 amide bonds. The molecule has 1 unspecified atom stereocenters. The van der Waals surface area contributed by atoms with Crippen molar-refractivity contribution in [1.29, 1.82) is 0 Å². The summed E-state index contributed by atoms with van der Waals surface area (Å²) >= 11 is 1.81. The number of halogens is 1. The standard InChI is InChI=1S/C19H26N4OS.ClH/c1-19(2,3)25-16-8-6-14(7-9-16)21-18(24)17-10-12-23(22-17)15-5-4-11-20-13-15;/h6-10,12,15,20H,4-5,11,13H2,1-3H3,(H,21,24);1H. The smallest absolute Gasteiger partial charge is 0.276 e. The number of nitrogens with zero attached hydrogens (tertiary/aromatic N) is 2. The maximum atomic E-state index is 12.4. The molecule has 0 bridgehead atoms. The third kappa shape index (κ3) is 5.76. The van der Waals surface area contributed by atoms with E-state index in [1.165, 1.54) is 4.90 Å². The molecule has 0 aliphatic carbocycles. The van der Waals surface area contributed by atoms with Gasteiger partial charge in [0.1, 0.15) is 0 Å². The number of nitrogens with one attached hydrogen (secondary N) is 2. The number of benzene rings is 1. The fraction of sp³-hybridized carbons (Fsp3) is 0.474. The molecule has 1 saturated heterocycles. The Balaban J connectivity index is 0.00000243. The van der Waals surface area contributed by atoms with Crippen LogP contribution in [0.25, 0.3) is 0 Å². The first-order valence-corrected chi connectivity index (χ1v) is 9.59. The summed E-state index contributed by atoms with van der Waals surface area (Å²) in [6.07, 6.45) is 4.14. The van der Waals surface area contributed by atoms with Crippen molar-refractivity contribution in [2.24, 2.45) is 0 Å². The third-order valence-corrected chi connectivity index (χ3v) is 5.14. The van der Waals surface area contributed by atoms with Gasteiger partial charge in [-0.1, -0.05) is 20.8 Å². The van der Waals surface area contributed by atoms with Gasteiger partial charge in [-0.15, -0.1) is 24.2 Å². The summed E-state index contributed by atoms with van der Waals surface area (Å²) in [6, 6.07) is 10.1. The van der Waals surface area contributed by atoms with Crippen molar-refractivity contribution < 1.29 is 4.79 Å². The van der Waals surface area contributed by atoms with Crippen LogP contribution in [0.1, 0.15) is 50.1 Å². The minimum absolute atomic E-state index is 0. The minimum atomic E-state index is -0.168. The lowest BCUT2D eigenvalue weighted by Crippen LogP contribution is -2.32. The number of hydrogen-bond acceptors (Lipinski definition) is 4. The van der Waals surface area contributed by atoms with Crippen LogP contribution in [0.5, 0.6) is 0 Å². The van der Waals surface area contributed by atoms with Gasteiger partial charge in [-0.3, -0.25) is 9.48 Å². The molecule has 2 N–H and O–H groups in total. The summed E-state index contributed by atoms with van der Waals surface area (Å²) in [5.41, 5.74) is 1.25. The average molecular weight is 395 g/mol. The summed E-state index contributed by atoms with van der Waals surface area (Å²) in [5.74, 6) is -0.168. The highest BCUT2D eigenvalue weighted by molar-refractivity contribution is 8.00.